The second-order valence-electron chi connectivity index (χ2n) is 6.82. The highest BCUT2D eigenvalue weighted by atomic mass is 16.5. The molecule has 3 rings (SSSR count). The second-order valence-corrected chi connectivity index (χ2v) is 6.82. The first-order valence-corrected chi connectivity index (χ1v) is 8.91. The van der Waals surface area contributed by atoms with E-state index < -0.39 is 6.04 Å². The molecule has 7 nitrogen and oxygen atoms in total. The third-order valence-electron chi connectivity index (χ3n) is 5.22. The molecule has 1 aromatic carbocycles. The minimum Gasteiger partial charge on any atom is -0.467 e. The van der Waals surface area contributed by atoms with E-state index >= 15 is 0 Å². The lowest BCUT2D eigenvalue weighted by molar-refractivity contribution is -0.154. The summed E-state index contributed by atoms with van der Waals surface area (Å²) in [4.78, 5) is 42.0. The Balaban J connectivity index is 1.68. The molecule has 26 heavy (non-hydrogen) atoms. The molecular weight excluding hydrogens is 334 g/mol. The molecule has 0 N–H and O–H groups in total. The number of ether oxygens (including phenoxy) is 1. The summed E-state index contributed by atoms with van der Waals surface area (Å²) in [5.74, 6) is -0.394. The number of rotatable bonds is 3. The lowest BCUT2D eigenvalue weighted by Crippen LogP contribution is -2.54. The van der Waals surface area contributed by atoms with E-state index in [4.69, 9.17) is 4.74 Å². The van der Waals surface area contributed by atoms with E-state index in [0.29, 0.717) is 39.1 Å². The molecule has 0 bridgehead atoms. The summed E-state index contributed by atoms with van der Waals surface area (Å²) in [5, 5.41) is 0. The Morgan fingerprint density at radius 3 is 2.35 bits per heavy atom. The molecule has 0 aliphatic carbocycles. The largest absolute Gasteiger partial charge is 0.467 e. The fraction of sp³-hybridized carbons (Fsp3) is 0.526. The number of fused-ring (bicyclic) bond motifs is 1. The maximum absolute atomic E-state index is 12.9. The van der Waals surface area contributed by atoms with Gasteiger partial charge in [0.1, 0.15) is 6.04 Å². The van der Waals surface area contributed by atoms with E-state index in [-0.39, 0.29) is 24.3 Å². The number of amides is 2. The standard InChI is InChI=1S/C19H25N3O4/c1-14(23)21-9-7-20(8-10-21)13-18(24)22-12-16-6-4-3-5-15(16)11-17(22)19(25)26-2/h3-6,17H,7-13H2,1-2H3. The fourth-order valence-corrected chi connectivity index (χ4v) is 3.63. The monoisotopic (exact) mass is 359 g/mol. The molecule has 2 aliphatic rings. The Hall–Kier alpha value is -2.41. The van der Waals surface area contributed by atoms with Crippen molar-refractivity contribution in [3.8, 4) is 0 Å². The smallest absolute Gasteiger partial charge is 0.328 e. The van der Waals surface area contributed by atoms with Crippen LogP contribution >= 0.6 is 0 Å². The summed E-state index contributed by atoms with van der Waals surface area (Å²) in [6, 6.07) is 7.30. The quantitative estimate of drug-likeness (QED) is 0.725. The van der Waals surface area contributed by atoms with Gasteiger partial charge >= 0.3 is 5.97 Å². The molecule has 0 spiro atoms. The van der Waals surface area contributed by atoms with Crippen molar-refractivity contribution in [2.75, 3.05) is 39.8 Å². The zero-order chi connectivity index (χ0) is 18.7. The highest BCUT2D eigenvalue weighted by Gasteiger charge is 2.36. The van der Waals surface area contributed by atoms with Gasteiger partial charge in [0.2, 0.25) is 11.8 Å². The first kappa shape index (κ1) is 18.4. The van der Waals surface area contributed by atoms with Gasteiger partial charge in [-0.15, -0.1) is 0 Å². The van der Waals surface area contributed by atoms with Crippen LogP contribution < -0.4 is 0 Å². The van der Waals surface area contributed by atoms with Gasteiger partial charge in [-0.1, -0.05) is 24.3 Å². The minimum atomic E-state index is -0.582. The SMILES string of the molecule is COC(=O)C1Cc2ccccc2CN1C(=O)CN1CCN(C(C)=O)CC1. The molecule has 0 aromatic heterocycles. The predicted molar refractivity (Wildman–Crippen MR) is 95.2 cm³/mol. The van der Waals surface area contributed by atoms with Crippen LogP contribution in [-0.2, 0) is 32.1 Å². The number of carbonyl (C=O) groups is 3. The van der Waals surface area contributed by atoms with Crippen LogP contribution in [0.5, 0.6) is 0 Å². The Morgan fingerprint density at radius 1 is 1.08 bits per heavy atom. The summed E-state index contributed by atoms with van der Waals surface area (Å²) >= 11 is 0. The van der Waals surface area contributed by atoms with Crippen LogP contribution in [0.3, 0.4) is 0 Å². The summed E-state index contributed by atoms with van der Waals surface area (Å²) in [5.41, 5.74) is 2.16. The minimum absolute atomic E-state index is 0.0642. The van der Waals surface area contributed by atoms with Gasteiger partial charge in [-0.3, -0.25) is 14.5 Å². The molecule has 0 radical (unpaired) electrons. The third kappa shape index (κ3) is 3.88. The van der Waals surface area contributed by atoms with Gasteiger partial charge < -0.3 is 14.5 Å². The molecule has 1 aromatic rings. The zero-order valence-corrected chi connectivity index (χ0v) is 15.3. The summed E-state index contributed by atoms with van der Waals surface area (Å²) < 4.78 is 4.92. The maximum Gasteiger partial charge on any atom is 0.328 e. The van der Waals surface area contributed by atoms with Crippen LogP contribution in [0.4, 0.5) is 0 Å². The number of methoxy groups -OCH3 is 1. The molecule has 2 heterocycles. The van der Waals surface area contributed by atoms with Crippen molar-refractivity contribution in [2.24, 2.45) is 0 Å². The lowest BCUT2D eigenvalue weighted by Gasteiger charge is -2.38. The van der Waals surface area contributed by atoms with Crippen molar-refractivity contribution in [3.05, 3.63) is 35.4 Å². The van der Waals surface area contributed by atoms with Crippen molar-refractivity contribution in [2.45, 2.75) is 25.9 Å². The molecule has 1 atom stereocenters. The summed E-state index contributed by atoms with van der Waals surface area (Å²) in [7, 11) is 1.35. The molecule has 7 heteroatoms. The van der Waals surface area contributed by atoms with E-state index in [9.17, 15) is 14.4 Å². The highest BCUT2D eigenvalue weighted by molar-refractivity contribution is 5.86. The topological polar surface area (TPSA) is 70.2 Å². The summed E-state index contributed by atoms with van der Waals surface area (Å²) in [6.45, 7) is 4.82. The number of nitrogens with zero attached hydrogens (tertiary/aromatic N) is 3. The molecule has 1 unspecified atom stereocenters. The van der Waals surface area contributed by atoms with Crippen LogP contribution in [0, 0.1) is 0 Å². The average Bonchev–Trinajstić information content (AvgIpc) is 2.66. The fourth-order valence-electron chi connectivity index (χ4n) is 3.63. The molecule has 1 fully saturated rings. The van der Waals surface area contributed by atoms with Crippen molar-refractivity contribution < 1.29 is 19.1 Å². The number of hydrogen-bond acceptors (Lipinski definition) is 5. The van der Waals surface area contributed by atoms with Crippen molar-refractivity contribution in [3.63, 3.8) is 0 Å². The van der Waals surface area contributed by atoms with Crippen molar-refractivity contribution >= 4 is 17.8 Å². The number of carbonyl (C=O) groups excluding carboxylic acids is 3. The molecule has 1 saturated heterocycles. The first-order valence-electron chi connectivity index (χ1n) is 8.91. The van der Waals surface area contributed by atoms with Gasteiger partial charge in [-0.25, -0.2) is 4.79 Å². The van der Waals surface area contributed by atoms with Crippen LogP contribution in [0.2, 0.25) is 0 Å². The number of piperazine rings is 1. The lowest BCUT2D eigenvalue weighted by atomic mass is 9.94. The zero-order valence-electron chi connectivity index (χ0n) is 15.3. The Labute approximate surface area is 153 Å². The normalized spacial score (nSPS) is 20.5. The van der Waals surface area contributed by atoms with Crippen molar-refractivity contribution in [1.29, 1.82) is 0 Å². The number of hydrogen-bond donors (Lipinski definition) is 0. The van der Waals surface area contributed by atoms with E-state index in [1.165, 1.54) is 7.11 Å². The molecule has 140 valence electrons. The molecule has 2 amide bonds. The molecule has 2 aliphatic heterocycles. The summed E-state index contributed by atoms with van der Waals surface area (Å²) in [6.07, 6.45) is 0.479. The Bertz CT molecular complexity index is 698. The van der Waals surface area contributed by atoms with Crippen LogP contribution in [0.15, 0.2) is 24.3 Å². The first-order chi connectivity index (χ1) is 12.5. The van der Waals surface area contributed by atoms with Crippen LogP contribution in [-0.4, -0.2) is 78.4 Å². The van der Waals surface area contributed by atoms with Gasteiger partial charge in [0.25, 0.3) is 0 Å². The van der Waals surface area contributed by atoms with Gasteiger partial charge in [0.05, 0.1) is 13.7 Å². The van der Waals surface area contributed by atoms with Crippen molar-refractivity contribution in [1.82, 2.24) is 14.7 Å². The van der Waals surface area contributed by atoms with Gasteiger partial charge in [-0.2, -0.15) is 0 Å². The highest BCUT2D eigenvalue weighted by Crippen LogP contribution is 2.24. The Kier molecular flexibility index (Phi) is 5.56. The number of esters is 1. The average molecular weight is 359 g/mol. The van der Waals surface area contributed by atoms with E-state index in [2.05, 4.69) is 0 Å². The van der Waals surface area contributed by atoms with Crippen LogP contribution in [0.25, 0.3) is 0 Å². The molecular formula is C19H25N3O4. The second kappa shape index (κ2) is 7.86. The van der Waals surface area contributed by atoms with E-state index in [1.807, 2.05) is 29.2 Å². The van der Waals surface area contributed by atoms with E-state index in [0.717, 1.165) is 11.1 Å². The third-order valence-corrected chi connectivity index (χ3v) is 5.22. The maximum atomic E-state index is 12.9. The number of benzene rings is 1. The van der Waals surface area contributed by atoms with E-state index in [1.54, 1.807) is 16.7 Å². The van der Waals surface area contributed by atoms with Crippen LogP contribution in [0.1, 0.15) is 18.1 Å². The van der Waals surface area contributed by atoms with Gasteiger partial charge in [0.15, 0.2) is 0 Å². The molecule has 0 saturated carbocycles. The van der Waals surface area contributed by atoms with Gasteiger partial charge in [0, 0.05) is 46.1 Å². The predicted octanol–water partition coefficient (Wildman–Crippen LogP) is 0.277. The Morgan fingerprint density at radius 2 is 1.73 bits per heavy atom. The van der Waals surface area contributed by atoms with Gasteiger partial charge in [-0.05, 0) is 11.1 Å².